The summed E-state index contributed by atoms with van der Waals surface area (Å²) >= 11 is 0. The monoisotopic (exact) mass is 375 g/mol. The molecule has 0 aromatic carbocycles. The number of aliphatic carboxylic acids is 1. The van der Waals surface area contributed by atoms with Gasteiger partial charge in [-0.15, -0.1) is 0 Å². The lowest BCUT2D eigenvalue weighted by Gasteiger charge is -2.47. The van der Waals surface area contributed by atoms with Crippen molar-refractivity contribution >= 4 is 20.2 Å². The van der Waals surface area contributed by atoms with E-state index >= 15 is 0 Å². The number of carboxylic acids is 1. The van der Waals surface area contributed by atoms with Crippen LogP contribution in [0.5, 0.6) is 0 Å². The molecule has 0 aliphatic carbocycles. The van der Waals surface area contributed by atoms with Crippen molar-refractivity contribution < 1.29 is 29.3 Å². The van der Waals surface area contributed by atoms with Gasteiger partial charge in [0, 0.05) is 6.61 Å². The molecule has 4 atom stereocenters. The van der Waals surface area contributed by atoms with Crippen molar-refractivity contribution in [2.24, 2.45) is 11.8 Å². The number of aliphatic hydroxyl groups excluding tert-OH is 1. The van der Waals surface area contributed by atoms with Gasteiger partial charge in [0.1, 0.15) is 5.60 Å². The van der Waals surface area contributed by atoms with Crippen LogP contribution < -0.4 is 5.32 Å². The zero-order valence-corrected chi connectivity index (χ0v) is 17.3. The quantitative estimate of drug-likeness (QED) is 0.476. The van der Waals surface area contributed by atoms with Gasteiger partial charge in [-0.05, 0) is 37.9 Å². The normalized spacial score (nSPS) is 31.5. The molecule has 8 heteroatoms. The van der Waals surface area contributed by atoms with E-state index in [9.17, 15) is 24.9 Å². The lowest BCUT2D eigenvalue weighted by molar-refractivity contribution is -0.169. The predicted molar refractivity (Wildman–Crippen MR) is 96.6 cm³/mol. The number of aliphatic hydroxyl groups is 2. The summed E-state index contributed by atoms with van der Waals surface area (Å²) in [4.78, 5) is 24.8. The van der Waals surface area contributed by atoms with E-state index < -0.39 is 43.4 Å². The number of carbonyl (C=O) groups excluding carboxylic acids is 1. The van der Waals surface area contributed by atoms with Gasteiger partial charge in [0.25, 0.3) is 0 Å². The van der Waals surface area contributed by atoms with Gasteiger partial charge in [0.2, 0.25) is 5.91 Å². The third-order valence-corrected chi connectivity index (χ3v) is 9.36. The third-order valence-electron chi connectivity index (χ3n) is 5.72. The molecule has 25 heavy (non-hydrogen) atoms. The minimum Gasteiger partial charge on any atom is -0.479 e. The van der Waals surface area contributed by atoms with Gasteiger partial charge in [-0.1, -0.05) is 27.7 Å². The number of hydrogen-bond acceptors (Lipinski definition) is 5. The van der Waals surface area contributed by atoms with Gasteiger partial charge >= 0.3 is 5.97 Å². The Morgan fingerprint density at radius 1 is 1.32 bits per heavy atom. The van der Waals surface area contributed by atoms with Crippen molar-refractivity contribution in [1.29, 1.82) is 0 Å². The maximum absolute atomic E-state index is 12.4. The van der Waals surface area contributed by atoms with Crippen molar-refractivity contribution in [3.05, 3.63) is 0 Å². The molecule has 0 spiro atoms. The molecule has 7 nitrogen and oxygen atoms in total. The topological polar surface area (TPSA) is 116 Å². The van der Waals surface area contributed by atoms with Crippen LogP contribution >= 0.6 is 0 Å². The summed E-state index contributed by atoms with van der Waals surface area (Å²) in [6, 6.07) is 0. The fraction of sp³-hybridized carbons (Fsp3) is 0.882. The molecular weight excluding hydrogens is 342 g/mol. The van der Waals surface area contributed by atoms with Gasteiger partial charge in [-0.25, -0.2) is 4.79 Å². The van der Waals surface area contributed by atoms with Crippen LogP contribution in [0.4, 0.5) is 0 Å². The first-order chi connectivity index (χ1) is 11.3. The van der Waals surface area contributed by atoms with Gasteiger partial charge in [-0.2, -0.15) is 0 Å². The molecule has 0 bridgehead atoms. The molecule has 1 amide bonds. The summed E-state index contributed by atoms with van der Waals surface area (Å²) in [6.45, 7) is 12.7. The van der Waals surface area contributed by atoms with Crippen molar-refractivity contribution in [3.63, 3.8) is 0 Å². The Kier molecular flexibility index (Phi) is 6.48. The molecule has 1 fully saturated rings. The second-order valence-corrected chi connectivity index (χ2v) is 13.0. The number of carboxylic acid groups (broad SMARTS) is 1. The highest BCUT2D eigenvalue weighted by Gasteiger charge is 2.70. The van der Waals surface area contributed by atoms with Gasteiger partial charge < -0.3 is 25.1 Å². The number of carbonyl (C=O) groups is 2. The second kappa shape index (κ2) is 7.34. The zero-order chi connectivity index (χ0) is 19.8. The maximum atomic E-state index is 12.4. The molecular formula is C17H33NO6Si. The zero-order valence-electron chi connectivity index (χ0n) is 16.3. The summed E-state index contributed by atoms with van der Waals surface area (Å²) in [5.74, 6) is -3.15. The van der Waals surface area contributed by atoms with E-state index in [1.807, 2.05) is 40.8 Å². The molecule has 0 saturated carbocycles. The van der Waals surface area contributed by atoms with Crippen molar-refractivity contribution in [3.8, 4) is 0 Å². The predicted octanol–water partition coefficient (Wildman–Crippen LogP) is 1.35. The van der Waals surface area contributed by atoms with E-state index in [2.05, 4.69) is 5.32 Å². The van der Waals surface area contributed by atoms with Crippen LogP contribution in [0.15, 0.2) is 0 Å². The van der Waals surface area contributed by atoms with Crippen LogP contribution in [0.3, 0.4) is 0 Å². The standard InChI is InChI=1S/C17H33NO6Si/c1-10(2)13(24-25(6,7)11(3)4)17(15(21)22)16(5,23)12(8-9-19)14(20)18-17/h10-13,19,23H,8-9H2,1-7H3,(H,18,20)(H,21,22)/t12-,13-,16-,17+/m0/s1. The fourth-order valence-corrected chi connectivity index (χ4v) is 4.79. The van der Waals surface area contributed by atoms with Crippen molar-refractivity contribution in [1.82, 2.24) is 5.32 Å². The molecule has 146 valence electrons. The van der Waals surface area contributed by atoms with Crippen molar-refractivity contribution in [2.75, 3.05) is 6.61 Å². The number of nitrogens with one attached hydrogen (secondary N) is 1. The minimum absolute atomic E-state index is 0.0102. The Hall–Kier alpha value is -0.963. The van der Waals surface area contributed by atoms with E-state index in [0.29, 0.717) is 0 Å². The van der Waals surface area contributed by atoms with E-state index in [4.69, 9.17) is 4.43 Å². The Morgan fingerprint density at radius 2 is 1.84 bits per heavy atom. The van der Waals surface area contributed by atoms with E-state index in [-0.39, 0.29) is 24.5 Å². The molecule has 1 aliphatic rings. The first-order valence-electron chi connectivity index (χ1n) is 8.82. The van der Waals surface area contributed by atoms with Gasteiger partial charge in [0.15, 0.2) is 13.9 Å². The smallest absolute Gasteiger partial charge is 0.335 e. The van der Waals surface area contributed by atoms with Crippen LogP contribution in [-0.2, 0) is 14.0 Å². The second-order valence-electron chi connectivity index (χ2n) is 8.36. The van der Waals surface area contributed by atoms with Gasteiger partial charge in [0.05, 0.1) is 12.0 Å². The summed E-state index contributed by atoms with van der Waals surface area (Å²) in [5, 5.41) is 33.0. The van der Waals surface area contributed by atoms with E-state index in [0.717, 1.165) is 0 Å². The molecule has 1 aliphatic heterocycles. The molecule has 1 heterocycles. The molecule has 0 radical (unpaired) electrons. The largest absolute Gasteiger partial charge is 0.479 e. The lowest BCUT2D eigenvalue weighted by atomic mass is 9.70. The van der Waals surface area contributed by atoms with Crippen LogP contribution in [-0.4, -0.2) is 59.4 Å². The van der Waals surface area contributed by atoms with Gasteiger partial charge in [-0.3, -0.25) is 4.79 Å². The molecule has 0 unspecified atom stereocenters. The SMILES string of the molecule is CC(C)[C@H](O[Si](C)(C)C(C)C)[C@]1(C(=O)O)NC(=O)[C@H](CCO)[C@]1(C)O. The maximum Gasteiger partial charge on any atom is 0.335 e. The fourth-order valence-electron chi connectivity index (χ4n) is 3.42. The summed E-state index contributed by atoms with van der Waals surface area (Å²) in [6.07, 6.45) is -0.902. The Balaban J connectivity index is 3.49. The minimum atomic E-state index is -2.27. The molecule has 1 saturated heterocycles. The highest BCUT2D eigenvalue weighted by atomic mass is 28.4. The van der Waals surface area contributed by atoms with Crippen molar-refractivity contribution in [2.45, 2.75) is 76.9 Å². The third kappa shape index (κ3) is 3.62. The molecule has 4 N–H and O–H groups in total. The number of amides is 1. The van der Waals surface area contributed by atoms with E-state index in [1.54, 1.807) is 0 Å². The lowest BCUT2D eigenvalue weighted by Crippen LogP contribution is -2.71. The average molecular weight is 376 g/mol. The molecule has 0 aromatic heterocycles. The number of hydrogen-bond donors (Lipinski definition) is 4. The highest BCUT2D eigenvalue weighted by Crippen LogP contribution is 2.44. The summed E-state index contributed by atoms with van der Waals surface area (Å²) in [5.41, 5.74) is -3.62. The Labute approximate surface area is 150 Å². The average Bonchev–Trinajstić information content (AvgIpc) is 2.65. The summed E-state index contributed by atoms with van der Waals surface area (Å²) < 4.78 is 6.34. The van der Waals surface area contributed by atoms with Crippen LogP contribution in [0, 0.1) is 11.8 Å². The van der Waals surface area contributed by atoms with Crippen LogP contribution in [0.25, 0.3) is 0 Å². The van der Waals surface area contributed by atoms with Crippen LogP contribution in [0.2, 0.25) is 18.6 Å². The number of rotatable bonds is 8. The van der Waals surface area contributed by atoms with E-state index in [1.165, 1.54) is 6.92 Å². The molecule has 0 aromatic rings. The Bertz CT molecular complexity index is 519. The first kappa shape index (κ1) is 22.1. The molecule has 1 rings (SSSR count). The highest BCUT2D eigenvalue weighted by molar-refractivity contribution is 6.72. The first-order valence-corrected chi connectivity index (χ1v) is 11.8. The Morgan fingerprint density at radius 3 is 2.20 bits per heavy atom. The van der Waals surface area contributed by atoms with Crippen LogP contribution in [0.1, 0.15) is 41.0 Å². The summed E-state index contributed by atoms with van der Waals surface area (Å²) in [7, 11) is -2.27.